The fourth-order valence-electron chi connectivity index (χ4n) is 5.03. The van der Waals surface area contributed by atoms with Gasteiger partial charge in [-0.05, 0) is 24.3 Å². The number of rotatable bonds is 5. The fourth-order valence-corrected chi connectivity index (χ4v) is 5.03. The Morgan fingerprint density at radius 2 is 1.68 bits per heavy atom. The molecule has 0 unspecified atom stereocenters. The first kappa shape index (κ1) is 26.0. The summed E-state index contributed by atoms with van der Waals surface area (Å²) in [7, 11) is 0. The van der Waals surface area contributed by atoms with Crippen LogP contribution in [0.2, 0.25) is 0 Å². The van der Waals surface area contributed by atoms with Crippen molar-refractivity contribution in [3.63, 3.8) is 0 Å². The van der Waals surface area contributed by atoms with Crippen molar-refractivity contribution in [2.45, 2.75) is 0 Å². The zero-order valence-corrected chi connectivity index (χ0v) is 21.6. The molecule has 2 saturated heterocycles. The van der Waals surface area contributed by atoms with E-state index >= 15 is 0 Å². The van der Waals surface area contributed by atoms with Crippen molar-refractivity contribution in [1.29, 1.82) is 0 Å². The summed E-state index contributed by atoms with van der Waals surface area (Å²) in [5.74, 6) is -1.42. The van der Waals surface area contributed by atoms with Crippen molar-refractivity contribution in [3.05, 3.63) is 59.9 Å². The number of piperazine rings is 1. The number of nitrogen functional groups attached to an aromatic ring is 1. The minimum atomic E-state index is -0.718. The van der Waals surface area contributed by atoms with Crippen molar-refractivity contribution in [2.24, 2.45) is 0 Å². The number of morpholine rings is 1. The van der Waals surface area contributed by atoms with Crippen LogP contribution in [0.3, 0.4) is 0 Å². The number of aromatic nitrogens is 4. The van der Waals surface area contributed by atoms with E-state index in [0.717, 1.165) is 22.9 Å². The van der Waals surface area contributed by atoms with Crippen LogP contribution in [0, 0.1) is 17.5 Å². The number of nitrogens with zero attached hydrogens (tertiary/aromatic N) is 7. The normalized spacial score (nSPS) is 16.6. The standard InChI is InChI=1S/C27H27F3N8O2/c28-18-3-1-2-17(14-18)24-23-25(31)38(21-15-19(29)4-5-20(21)30)34-26(23)33-27(32-24)37-8-6-35(7-9-37)16-22(39)36-10-12-40-13-11-36/h1-5,14-15H,6-13,16,31H2. The van der Waals surface area contributed by atoms with Gasteiger partial charge in [-0.2, -0.15) is 4.98 Å². The molecule has 10 nitrogen and oxygen atoms in total. The first-order chi connectivity index (χ1) is 19.4. The molecule has 0 aliphatic carbocycles. The second kappa shape index (κ2) is 10.7. The molecule has 1 amide bonds. The fraction of sp³-hybridized carbons (Fsp3) is 0.333. The number of hydrogen-bond acceptors (Lipinski definition) is 8. The zero-order valence-electron chi connectivity index (χ0n) is 21.6. The maximum Gasteiger partial charge on any atom is 0.236 e. The highest BCUT2D eigenvalue weighted by Crippen LogP contribution is 2.34. The van der Waals surface area contributed by atoms with Crippen LogP contribution in [0.4, 0.5) is 24.9 Å². The second-order valence-electron chi connectivity index (χ2n) is 9.73. The van der Waals surface area contributed by atoms with Gasteiger partial charge in [0.2, 0.25) is 11.9 Å². The Kier molecular flexibility index (Phi) is 6.98. The van der Waals surface area contributed by atoms with Crippen LogP contribution in [-0.4, -0.2) is 94.5 Å². The Hall–Kier alpha value is -4.23. The predicted octanol–water partition coefficient (Wildman–Crippen LogP) is 2.46. The Morgan fingerprint density at radius 1 is 0.925 bits per heavy atom. The van der Waals surface area contributed by atoms with E-state index in [4.69, 9.17) is 15.5 Å². The van der Waals surface area contributed by atoms with Crippen molar-refractivity contribution >= 4 is 28.7 Å². The van der Waals surface area contributed by atoms with Gasteiger partial charge in [0.1, 0.15) is 29.0 Å². The maximum atomic E-state index is 14.6. The molecular formula is C27H27F3N8O2. The Morgan fingerprint density at radius 3 is 2.42 bits per heavy atom. The van der Waals surface area contributed by atoms with Crippen molar-refractivity contribution < 1.29 is 22.7 Å². The van der Waals surface area contributed by atoms with Crippen LogP contribution in [0.15, 0.2) is 42.5 Å². The topological polar surface area (TPSA) is 106 Å². The molecule has 0 atom stereocenters. The molecular weight excluding hydrogens is 525 g/mol. The summed E-state index contributed by atoms with van der Waals surface area (Å²) in [5.41, 5.74) is 7.14. The molecule has 2 fully saturated rings. The van der Waals surface area contributed by atoms with Crippen LogP contribution in [0.25, 0.3) is 28.0 Å². The van der Waals surface area contributed by atoms with Crippen molar-refractivity contribution in [3.8, 4) is 16.9 Å². The molecule has 0 radical (unpaired) electrons. The SMILES string of the molecule is Nc1c2c(-c3cccc(F)c3)nc(N3CCN(CC(=O)N4CCOCC4)CC3)nc2nn1-c1cc(F)ccc1F. The quantitative estimate of drug-likeness (QED) is 0.403. The molecule has 2 aliphatic rings. The maximum absolute atomic E-state index is 14.6. The highest BCUT2D eigenvalue weighted by atomic mass is 19.1. The lowest BCUT2D eigenvalue weighted by Crippen LogP contribution is -2.51. The summed E-state index contributed by atoms with van der Waals surface area (Å²) in [5, 5.41) is 4.70. The number of benzene rings is 2. The van der Waals surface area contributed by atoms with Crippen LogP contribution in [-0.2, 0) is 9.53 Å². The molecule has 13 heteroatoms. The van der Waals surface area contributed by atoms with Crippen molar-refractivity contribution in [1.82, 2.24) is 29.5 Å². The first-order valence-corrected chi connectivity index (χ1v) is 13.0. The lowest BCUT2D eigenvalue weighted by atomic mass is 10.1. The third kappa shape index (κ3) is 5.05. The van der Waals surface area contributed by atoms with E-state index < -0.39 is 17.5 Å². The Bertz CT molecular complexity index is 1570. The number of hydrogen-bond donors (Lipinski definition) is 1. The van der Waals surface area contributed by atoms with Crippen LogP contribution < -0.4 is 10.6 Å². The molecule has 208 valence electrons. The molecule has 2 N–H and O–H groups in total. The number of fused-ring (bicyclic) bond motifs is 1. The highest BCUT2D eigenvalue weighted by Gasteiger charge is 2.27. The molecule has 0 spiro atoms. The lowest BCUT2D eigenvalue weighted by molar-refractivity contribution is -0.136. The third-order valence-corrected chi connectivity index (χ3v) is 7.17. The molecule has 2 aromatic carbocycles. The van der Waals surface area contributed by atoms with Gasteiger partial charge in [0.05, 0.1) is 30.8 Å². The average Bonchev–Trinajstić information content (AvgIpc) is 3.30. The third-order valence-electron chi connectivity index (χ3n) is 7.17. The number of nitrogens with two attached hydrogens (primary N) is 1. The second-order valence-corrected chi connectivity index (χ2v) is 9.73. The summed E-state index contributed by atoms with van der Waals surface area (Å²) >= 11 is 0. The number of anilines is 2. The summed E-state index contributed by atoms with van der Waals surface area (Å²) in [6, 6.07) is 8.85. The Balaban J connectivity index is 1.32. The summed E-state index contributed by atoms with van der Waals surface area (Å²) < 4.78 is 49.2. The van der Waals surface area contributed by atoms with E-state index in [-0.39, 0.29) is 23.1 Å². The molecule has 4 aromatic rings. The van der Waals surface area contributed by atoms with Crippen LogP contribution in [0.1, 0.15) is 0 Å². The number of carbonyl (C=O) groups is 1. The van der Waals surface area contributed by atoms with Gasteiger partial charge >= 0.3 is 0 Å². The first-order valence-electron chi connectivity index (χ1n) is 13.0. The molecule has 40 heavy (non-hydrogen) atoms. The lowest BCUT2D eigenvalue weighted by Gasteiger charge is -2.36. The van der Waals surface area contributed by atoms with E-state index in [2.05, 4.69) is 15.0 Å². The Labute approximate surface area is 227 Å². The smallest absolute Gasteiger partial charge is 0.236 e. The molecule has 6 rings (SSSR count). The van der Waals surface area contributed by atoms with Gasteiger partial charge < -0.3 is 20.3 Å². The predicted molar refractivity (Wildman–Crippen MR) is 142 cm³/mol. The summed E-state index contributed by atoms with van der Waals surface area (Å²) in [6.45, 7) is 4.93. The van der Waals surface area contributed by atoms with E-state index in [0.29, 0.717) is 81.6 Å². The highest BCUT2D eigenvalue weighted by molar-refractivity contribution is 5.99. The zero-order chi connectivity index (χ0) is 27.8. The average molecular weight is 553 g/mol. The molecule has 0 saturated carbocycles. The van der Waals surface area contributed by atoms with Gasteiger partial charge in [0, 0.05) is 50.9 Å². The van der Waals surface area contributed by atoms with Crippen LogP contribution >= 0.6 is 0 Å². The van der Waals surface area contributed by atoms with Gasteiger partial charge in [-0.15, -0.1) is 5.10 Å². The van der Waals surface area contributed by atoms with Gasteiger partial charge in [0.25, 0.3) is 0 Å². The number of ether oxygens (including phenoxy) is 1. The van der Waals surface area contributed by atoms with Gasteiger partial charge in [-0.3, -0.25) is 9.69 Å². The van der Waals surface area contributed by atoms with Crippen LogP contribution in [0.5, 0.6) is 0 Å². The molecule has 0 bridgehead atoms. The number of amides is 1. The van der Waals surface area contributed by atoms with Gasteiger partial charge in [-0.25, -0.2) is 22.8 Å². The monoisotopic (exact) mass is 552 g/mol. The largest absolute Gasteiger partial charge is 0.383 e. The van der Waals surface area contributed by atoms with Gasteiger partial charge in [-0.1, -0.05) is 12.1 Å². The number of carbonyl (C=O) groups excluding carboxylic acids is 1. The molecule has 2 aliphatic heterocycles. The van der Waals surface area contributed by atoms with E-state index in [1.165, 1.54) is 12.1 Å². The minimum Gasteiger partial charge on any atom is -0.383 e. The minimum absolute atomic E-state index is 0.00300. The summed E-state index contributed by atoms with van der Waals surface area (Å²) in [4.78, 5) is 27.9. The summed E-state index contributed by atoms with van der Waals surface area (Å²) in [6.07, 6.45) is 0. The van der Waals surface area contributed by atoms with E-state index in [1.54, 1.807) is 12.1 Å². The van der Waals surface area contributed by atoms with Crippen molar-refractivity contribution in [2.75, 3.05) is 69.7 Å². The molecule has 2 aromatic heterocycles. The van der Waals surface area contributed by atoms with Gasteiger partial charge in [0.15, 0.2) is 5.65 Å². The van der Waals surface area contributed by atoms with E-state index in [9.17, 15) is 18.0 Å². The van der Waals surface area contributed by atoms with E-state index in [1.807, 2.05) is 9.80 Å². The molecule has 4 heterocycles. The number of halogens is 3.